The van der Waals surface area contributed by atoms with E-state index in [1.165, 1.54) is 25.7 Å². The van der Waals surface area contributed by atoms with Gasteiger partial charge in [0.15, 0.2) is 0 Å². The molecule has 0 aromatic heterocycles. The van der Waals surface area contributed by atoms with Gasteiger partial charge in [-0.15, -0.1) is 0 Å². The maximum Gasteiger partial charge on any atom is -0.0130 e. The van der Waals surface area contributed by atoms with Gasteiger partial charge in [0.05, 0.1) is 0 Å². The monoisotopic (exact) mass is 202 g/mol. The average Bonchev–Trinajstić information content (AvgIpc) is 2.80. The first-order chi connectivity index (χ1) is 7.06. The molecule has 2 fully saturated rings. The lowest BCUT2D eigenvalue weighted by molar-refractivity contribution is 0.118. The molecule has 0 aliphatic heterocycles. The summed E-state index contributed by atoms with van der Waals surface area (Å²) in [6.45, 7) is 7.56. The van der Waals surface area contributed by atoms with Crippen LogP contribution in [0, 0.1) is 22.7 Å². The van der Waals surface area contributed by atoms with E-state index in [9.17, 15) is 0 Å². The van der Waals surface area contributed by atoms with Gasteiger partial charge in [-0.2, -0.15) is 0 Å². The van der Waals surface area contributed by atoms with Gasteiger partial charge >= 0.3 is 0 Å². The van der Waals surface area contributed by atoms with Gasteiger partial charge in [-0.3, -0.25) is 0 Å². The van der Waals surface area contributed by atoms with Crippen molar-refractivity contribution in [1.82, 2.24) is 0 Å². The van der Waals surface area contributed by atoms with E-state index in [2.05, 4.69) is 39.0 Å². The van der Waals surface area contributed by atoms with Gasteiger partial charge in [-0.1, -0.05) is 44.6 Å². The third-order valence-electron chi connectivity index (χ3n) is 6.04. The number of allylic oxidation sites excluding steroid dienone is 4. The highest BCUT2D eigenvalue weighted by molar-refractivity contribution is 5.30. The van der Waals surface area contributed by atoms with Crippen LogP contribution in [0.4, 0.5) is 0 Å². The summed E-state index contributed by atoms with van der Waals surface area (Å²) in [4.78, 5) is 0. The minimum atomic E-state index is 0.571. The van der Waals surface area contributed by atoms with E-state index in [1.54, 1.807) is 5.57 Å². The van der Waals surface area contributed by atoms with Crippen molar-refractivity contribution in [3.8, 4) is 0 Å². The van der Waals surface area contributed by atoms with Gasteiger partial charge in [0.2, 0.25) is 0 Å². The molecular weight excluding hydrogens is 180 g/mol. The molecule has 0 N–H and O–H groups in total. The lowest BCUT2D eigenvalue weighted by Gasteiger charge is -2.40. The van der Waals surface area contributed by atoms with Crippen LogP contribution in [0.1, 0.15) is 46.5 Å². The van der Waals surface area contributed by atoms with Crippen LogP contribution in [-0.4, -0.2) is 0 Å². The van der Waals surface area contributed by atoms with Gasteiger partial charge in [0.1, 0.15) is 0 Å². The number of hydrogen-bond acceptors (Lipinski definition) is 0. The fourth-order valence-electron chi connectivity index (χ4n) is 4.49. The van der Waals surface area contributed by atoms with Gasteiger partial charge in [-0.05, 0) is 48.3 Å². The Kier molecular flexibility index (Phi) is 1.80. The fraction of sp³-hybridized carbons (Fsp3) is 0.733. The van der Waals surface area contributed by atoms with Crippen molar-refractivity contribution in [3.63, 3.8) is 0 Å². The normalized spacial score (nSPS) is 46.2. The average molecular weight is 202 g/mol. The van der Waals surface area contributed by atoms with E-state index in [0.717, 1.165) is 11.8 Å². The van der Waals surface area contributed by atoms with Crippen LogP contribution in [0.5, 0.6) is 0 Å². The summed E-state index contributed by atoms with van der Waals surface area (Å²) in [5, 5.41) is 0. The largest absolute Gasteiger partial charge is 0.0805 e. The van der Waals surface area contributed by atoms with Crippen molar-refractivity contribution in [1.29, 1.82) is 0 Å². The highest BCUT2D eigenvalue weighted by Gasteiger charge is 2.61. The highest BCUT2D eigenvalue weighted by Crippen LogP contribution is 2.69. The van der Waals surface area contributed by atoms with Crippen molar-refractivity contribution in [3.05, 3.63) is 23.8 Å². The zero-order valence-corrected chi connectivity index (χ0v) is 10.2. The van der Waals surface area contributed by atoms with Crippen molar-refractivity contribution < 1.29 is 0 Å². The highest BCUT2D eigenvalue weighted by atomic mass is 14.7. The van der Waals surface area contributed by atoms with E-state index in [4.69, 9.17) is 0 Å². The molecule has 0 spiro atoms. The molecule has 0 aromatic rings. The molecule has 0 aromatic carbocycles. The molecule has 2 bridgehead atoms. The molecule has 0 heterocycles. The Labute approximate surface area is 93.5 Å². The molecule has 3 aliphatic rings. The van der Waals surface area contributed by atoms with E-state index < -0.39 is 0 Å². The second-order valence-electron chi connectivity index (χ2n) is 6.54. The van der Waals surface area contributed by atoms with Gasteiger partial charge in [0, 0.05) is 0 Å². The van der Waals surface area contributed by atoms with Gasteiger partial charge in [0.25, 0.3) is 0 Å². The van der Waals surface area contributed by atoms with Crippen LogP contribution < -0.4 is 0 Å². The quantitative estimate of drug-likeness (QED) is 0.593. The van der Waals surface area contributed by atoms with Gasteiger partial charge < -0.3 is 0 Å². The maximum atomic E-state index is 2.55. The first-order valence-electron chi connectivity index (χ1n) is 6.41. The van der Waals surface area contributed by atoms with E-state index in [1.807, 2.05) is 0 Å². The first-order valence-corrected chi connectivity index (χ1v) is 6.41. The van der Waals surface area contributed by atoms with Crippen LogP contribution in [0.3, 0.4) is 0 Å². The Hall–Kier alpha value is -0.520. The Morgan fingerprint density at radius 3 is 2.53 bits per heavy atom. The molecule has 3 aliphatic carbocycles. The van der Waals surface area contributed by atoms with E-state index >= 15 is 0 Å². The summed E-state index contributed by atoms with van der Waals surface area (Å²) in [7, 11) is 0. The van der Waals surface area contributed by atoms with E-state index in [-0.39, 0.29) is 0 Å². The number of rotatable bonds is 1. The van der Waals surface area contributed by atoms with Crippen LogP contribution in [0.15, 0.2) is 23.8 Å². The molecule has 0 amide bonds. The zero-order chi connectivity index (χ0) is 10.7. The van der Waals surface area contributed by atoms with Gasteiger partial charge in [-0.25, -0.2) is 0 Å². The minimum absolute atomic E-state index is 0.571. The maximum absolute atomic E-state index is 2.55. The predicted molar refractivity (Wildman–Crippen MR) is 64.6 cm³/mol. The van der Waals surface area contributed by atoms with Crippen molar-refractivity contribution in [2.45, 2.75) is 46.5 Å². The smallest absolute Gasteiger partial charge is 0.0130 e. The van der Waals surface area contributed by atoms with Crippen molar-refractivity contribution in [2.75, 3.05) is 0 Å². The predicted octanol–water partition coefficient (Wildman–Crippen LogP) is 4.34. The Bertz CT molecular complexity index is 345. The third-order valence-corrected chi connectivity index (χ3v) is 6.04. The number of hydrogen-bond donors (Lipinski definition) is 0. The molecule has 0 nitrogen and oxygen atoms in total. The molecule has 2 saturated carbocycles. The van der Waals surface area contributed by atoms with Crippen LogP contribution in [-0.2, 0) is 0 Å². The summed E-state index contributed by atoms with van der Waals surface area (Å²) in [5.74, 6) is 1.86. The summed E-state index contributed by atoms with van der Waals surface area (Å²) in [5.41, 5.74) is 2.86. The first kappa shape index (κ1) is 9.69. The summed E-state index contributed by atoms with van der Waals surface area (Å²) < 4.78 is 0. The molecule has 0 radical (unpaired) electrons. The molecule has 0 saturated heterocycles. The Morgan fingerprint density at radius 2 is 2.07 bits per heavy atom. The molecule has 82 valence electrons. The summed E-state index contributed by atoms with van der Waals surface area (Å²) in [6, 6.07) is 0. The molecule has 3 rings (SSSR count). The third kappa shape index (κ3) is 1.03. The van der Waals surface area contributed by atoms with Crippen molar-refractivity contribution in [2.24, 2.45) is 22.7 Å². The Morgan fingerprint density at radius 1 is 1.27 bits per heavy atom. The van der Waals surface area contributed by atoms with Crippen molar-refractivity contribution >= 4 is 0 Å². The number of fused-ring (bicyclic) bond motifs is 2. The second kappa shape index (κ2) is 2.78. The molecule has 0 heteroatoms. The van der Waals surface area contributed by atoms with Crippen LogP contribution >= 0.6 is 0 Å². The molecular formula is C15H22. The van der Waals surface area contributed by atoms with Crippen LogP contribution in [0.2, 0.25) is 0 Å². The molecule has 2 unspecified atom stereocenters. The van der Waals surface area contributed by atoms with Crippen LogP contribution in [0.25, 0.3) is 0 Å². The summed E-state index contributed by atoms with van der Waals surface area (Å²) in [6.07, 6.45) is 12.6. The zero-order valence-electron chi connectivity index (χ0n) is 10.2. The molecule has 15 heavy (non-hydrogen) atoms. The summed E-state index contributed by atoms with van der Waals surface area (Å²) >= 11 is 0. The van der Waals surface area contributed by atoms with E-state index in [0.29, 0.717) is 10.8 Å². The standard InChI is InChI=1S/C15H22/c1-14(2)12-8-9-15(14,3)13(10-12)11-6-4-5-7-11/h4-6,12-13H,7-10H2,1-3H3/t12?,13-,15?/m1/s1. The Balaban J connectivity index is 1.96. The lowest BCUT2D eigenvalue weighted by Crippen LogP contribution is -2.32. The minimum Gasteiger partial charge on any atom is -0.0805 e. The fourth-order valence-corrected chi connectivity index (χ4v) is 4.49. The second-order valence-corrected chi connectivity index (χ2v) is 6.54. The SMILES string of the molecule is CC1(C)C2CCC1(C)[C@@H](C1=CC=CC1)C2. The lowest BCUT2D eigenvalue weighted by atomic mass is 9.64. The molecule has 3 atom stereocenters. The topological polar surface area (TPSA) is 0 Å².